The molecule has 0 saturated carbocycles. The van der Waals surface area contributed by atoms with Crippen LogP contribution in [0.3, 0.4) is 0 Å². The molecule has 20 heavy (non-hydrogen) atoms. The Kier molecular flexibility index (Phi) is 4.46. The monoisotopic (exact) mass is 268 g/mol. The van der Waals surface area contributed by atoms with E-state index in [1.165, 1.54) is 41.5 Å². The molecule has 2 aromatic rings. The molecular formula is C18H20O2. The van der Waals surface area contributed by atoms with E-state index < -0.39 is 0 Å². The van der Waals surface area contributed by atoms with E-state index in [1.807, 2.05) is 0 Å². The SMILES string of the molecule is C1COCO1.c1ccc2c(c1)CCCc1ccccc1-2. The molecule has 0 aromatic heterocycles. The Balaban J connectivity index is 0.000000205. The van der Waals surface area contributed by atoms with Gasteiger partial charge in [0, 0.05) is 0 Å². The molecule has 2 aromatic carbocycles. The van der Waals surface area contributed by atoms with Crippen molar-refractivity contribution >= 4 is 0 Å². The van der Waals surface area contributed by atoms with E-state index >= 15 is 0 Å². The van der Waals surface area contributed by atoms with Crippen molar-refractivity contribution in [2.75, 3.05) is 20.0 Å². The summed E-state index contributed by atoms with van der Waals surface area (Å²) < 4.78 is 9.44. The van der Waals surface area contributed by atoms with E-state index in [4.69, 9.17) is 9.47 Å². The van der Waals surface area contributed by atoms with E-state index in [1.54, 1.807) is 0 Å². The number of hydrogen-bond acceptors (Lipinski definition) is 2. The maximum Gasteiger partial charge on any atom is 0.146 e. The molecule has 0 amide bonds. The minimum atomic E-state index is 0.500. The molecule has 0 N–H and O–H groups in total. The lowest BCUT2D eigenvalue weighted by molar-refractivity contribution is 0.0692. The lowest BCUT2D eigenvalue weighted by Gasteiger charge is -2.08. The largest absolute Gasteiger partial charge is 0.353 e. The summed E-state index contributed by atoms with van der Waals surface area (Å²) >= 11 is 0. The highest BCUT2D eigenvalue weighted by atomic mass is 16.7. The van der Waals surface area contributed by atoms with Gasteiger partial charge in [-0.1, -0.05) is 48.5 Å². The topological polar surface area (TPSA) is 18.5 Å². The van der Waals surface area contributed by atoms with Crippen LogP contribution in [0.5, 0.6) is 0 Å². The van der Waals surface area contributed by atoms with Gasteiger partial charge in [0.25, 0.3) is 0 Å². The molecule has 2 heteroatoms. The smallest absolute Gasteiger partial charge is 0.146 e. The molecule has 1 fully saturated rings. The fourth-order valence-corrected chi connectivity index (χ4v) is 2.77. The number of rotatable bonds is 0. The summed E-state index contributed by atoms with van der Waals surface area (Å²) in [7, 11) is 0. The van der Waals surface area contributed by atoms with Crippen molar-refractivity contribution in [1.82, 2.24) is 0 Å². The number of aryl methyl sites for hydroxylation is 2. The van der Waals surface area contributed by atoms with Crippen LogP contribution in [0.2, 0.25) is 0 Å². The Morgan fingerprint density at radius 3 is 1.60 bits per heavy atom. The Bertz CT molecular complexity index is 506. The number of hydrogen-bond donors (Lipinski definition) is 0. The Morgan fingerprint density at radius 1 is 0.650 bits per heavy atom. The van der Waals surface area contributed by atoms with Gasteiger partial charge in [-0.2, -0.15) is 0 Å². The first-order valence-corrected chi connectivity index (χ1v) is 7.27. The Hall–Kier alpha value is -1.64. The molecule has 1 aliphatic carbocycles. The highest BCUT2D eigenvalue weighted by molar-refractivity contribution is 5.71. The van der Waals surface area contributed by atoms with Crippen LogP contribution in [0.25, 0.3) is 11.1 Å². The van der Waals surface area contributed by atoms with Crippen LogP contribution in [0.4, 0.5) is 0 Å². The first-order chi connectivity index (χ1) is 9.95. The van der Waals surface area contributed by atoms with Gasteiger partial charge < -0.3 is 9.47 Å². The predicted molar refractivity (Wildman–Crippen MR) is 80.7 cm³/mol. The third-order valence-corrected chi connectivity index (χ3v) is 3.76. The summed E-state index contributed by atoms with van der Waals surface area (Å²) in [4.78, 5) is 0. The lowest BCUT2D eigenvalue weighted by Crippen LogP contribution is -1.86. The zero-order valence-electron chi connectivity index (χ0n) is 11.7. The molecule has 0 radical (unpaired) electrons. The average Bonchev–Trinajstić information content (AvgIpc) is 3.03. The van der Waals surface area contributed by atoms with Crippen LogP contribution in [0, 0.1) is 0 Å². The minimum absolute atomic E-state index is 0.500. The quantitative estimate of drug-likeness (QED) is 0.723. The first-order valence-electron chi connectivity index (χ1n) is 7.27. The van der Waals surface area contributed by atoms with Crippen molar-refractivity contribution in [1.29, 1.82) is 0 Å². The van der Waals surface area contributed by atoms with E-state index in [0.29, 0.717) is 6.79 Å². The van der Waals surface area contributed by atoms with Crippen LogP contribution >= 0.6 is 0 Å². The Morgan fingerprint density at radius 2 is 1.15 bits per heavy atom. The van der Waals surface area contributed by atoms with Gasteiger partial charge in [0.05, 0.1) is 13.2 Å². The van der Waals surface area contributed by atoms with Crippen LogP contribution < -0.4 is 0 Å². The van der Waals surface area contributed by atoms with Crippen molar-refractivity contribution in [3.8, 4) is 11.1 Å². The maximum atomic E-state index is 4.72. The first kappa shape index (κ1) is 13.3. The molecule has 1 saturated heterocycles. The summed E-state index contributed by atoms with van der Waals surface area (Å²) in [6.45, 7) is 2.06. The number of ether oxygens (including phenoxy) is 2. The minimum Gasteiger partial charge on any atom is -0.353 e. The van der Waals surface area contributed by atoms with E-state index in [2.05, 4.69) is 48.5 Å². The van der Waals surface area contributed by atoms with Gasteiger partial charge in [-0.15, -0.1) is 0 Å². The highest BCUT2D eigenvalue weighted by Gasteiger charge is 2.12. The molecule has 1 heterocycles. The summed E-state index contributed by atoms with van der Waals surface area (Å²) in [6, 6.07) is 17.6. The van der Waals surface area contributed by atoms with Gasteiger partial charge in [0.15, 0.2) is 0 Å². The van der Waals surface area contributed by atoms with Gasteiger partial charge in [-0.3, -0.25) is 0 Å². The van der Waals surface area contributed by atoms with Gasteiger partial charge in [0.1, 0.15) is 6.79 Å². The fraction of sp³-hybridized carbons (Fsp3) is 0.333. The molecule has 4 rings (SSSR count). The molecular weight excluding hydrogens is 248 g/mol. The van der Waals surface area contributed by atoms with Crippen molar-refractivity contribution in [2.24, 2.45) is 0 Å². The zero-order valence-corrected chi connectivity index (χ0v) is 11.7. The molecule has 0 bridgehead atoms. The summed E-state index contributed by atoms with van der Waals surface area (Å²) in [6.07, 6.45) is 3.70. The second-order valence-electron chi connectivity index (χ2n) is 5.10. The van der Waals surface area contributed by atoms with Crippen LogP contribution in [-0.4, -0.2) is 20.0 Å². The Labute approximate surface area is 120 Å². The molecule has 0 atom stereocenters. The molecule has 1 aliphatic heterocycles. The lowest BCUT2D eigenvalue weighted by atomic mass is 9.97. The van der Waals surface area contributed by atoms with Crippen molar-refractivity contribution in [2.45, 2.75) is 19.3 Å². The van der Waals surface area contributed by atoms with Crippen LogP contribution in [-0.2, 0) is 22.3 Å². The van der Waals surface area contributed by atoms with Crippen molar-refractivity contribution < 1.29 is 9.47 Å². The summed E-state index contributed by atoms with van der Waals surface area (Å²) in [5.74, 6) is 0. The average molecular weight is 268 g/mol. The van der Waals surface area contributed by atoms with Gasteiger partial charge >= 0.3 is 0 Å². The van der Waals surface area contributed by atoms with E-state index in [-0.39, 0.29) is 0 Å². The van der Waals surface area contributed by atoms with Crippen molar-refractivity contribution in [3.63, 3.8) is 0 Å². The standard InChI is InChI=1S/C15H14.C3H6O2/c1-3-10-14-12(6-1)8-5-9-13-7-2-4-11-15(13)14;1-2-5-3-4-1/h1-4,6-7,10-11H,5,8-9H2;1-3H2. The maximum absolute atomic E-state index is 4.72. The molecule has 2 nitrogen and oxygen atoms in total. The summed E-state index contributed by atoms with van der Waals surface area (Å²) in [5, 5.41) is 0. The highest BCUT2D eigenvalue weighted by Crippen LogP contribution is 2.31. The molecule has 0 unspecified atom stereocenters. The zero-order chi connectivity index (χ0) is 13.6. The number of benzene rings is 2. The van der Waals surface area contributed by atoms with Gasteiger partial charge in [-0.05, 0) is 41.5 Å². The predicted octanol–water partition coefficient (Wildman–Crippen LogP) is 3.83. The van der Waals surface area contributed by atoms with E-state index in [9.17, 15) is 0 Å². The van der Waals surface area contributed by atoms with E-state index in [0.717, 1.165) is 13.2 Å². The normalized spacial score (nSPS) is 16.4. The molecule has 0 spiro atoms. The second-order valence-corrected chi connectivity index (χ2v) is 5.10. The molecule has 104 valence electrons. The van der Waals surface area contributed by atoms with Gasteiger partial charge in [0.2, 0.25) is 0 Å². The third-order valence-electron chi connectivity index (χ3n) is 3.76. The second kappa shape index (κ2) is 6.69. The van der Waals surface area contributed by atoms with Gasteiger partial charge in [-0.25, -0.2) is 0 Å². The number of fused-ring (bicyclic) bond motifs is 3. The fourth-order valence-electron chi connectivity index (χ4n) is 2.77. The van der Waals surface area contributed by atoms with Crippen LogP contribution in [0.1, 0.15) is 17.5 Å². The summed E-state index contributed by atoms with van der Waals surface area (Å²) in [5.41, 5.74) is 5.88. The third kappa shape index (κ3) is 3.09. The van der Waals surface area contributed by atoms with Crippen molar-refractivity contribution in [3.05, 3.63) is 59.7 Å². The van der Waals surface area contributed by atoms with Crippen LogP contribution in [0.15, 0.2) is 48.5 Å². The molecule has 2 aliphatic rings.